The molecular weight excluding hydrogens is 156 g/mol. The number of carboxylic acid groups (broad SMARTS) is 1. The summed E-state index contributed by atoms with van der Waals surface area (Å²) in [5.74, 6) is 0. The van der Waals surface area contributed by atoms with E-state index in [2.05, 4.69) is 0 Å². The number of carbonyl (C=O) groups is 1. The van der Waals surface area contributed by atoms with Crippen molar-refractivity contribution in [3.05, 3.63) is 18.7 Å². The van der Waals surface area contributed by atoms with Gasteiger partial charge in [0.25, 0.3) is 6.33 Å². The fraction of sp³-hybridized carbons (Fsp3) is 0.200. The second kappa shape index (κ2) is 3.22. The summed E-state index contributed by atoms with van der Waals surface area (Å²) in [5.41, 5.74) is 0. The highest BCUT2D eigenvalue weighted by Gasteiger charge is 2.06. The lowest BCUT2D eigenvalue weighted by atomic mass is 10.9. The van der Waals surface area contributed by atoms with E-state index in [0.29, 0.717) is 0 Å². The second-order valence-corrected chi connectivity index (χ2v) is 1.77. The number of rotatable bonds is 0. The second-order valence-electron chi connectivity index (χ2n) is 1.77. The molecule has 0 aliphatic heterocycles. The van der Waals surface area contributed by atoms with Crippen LogP contribution in [-0.2, 0) is 7.05 Å². The Kier molecular flexibility index (Phi) is 2.89. The molecule has 0 atom stereocenters. The summed E-state index contributed by atoms with van der Waals surface area (Å²) < 4.78 is 2.74. The molecule has 0 unspecified atom stereocenters. The van der Waals surface area contributed by atoms with Crippen LogP contribution in [0.15, 0.2) is 18.7 Å². The van der Waals surface area contributed by atoms with Crippen LogP contribution in [0, 0.1) is 0 Å². The first kappa shape index (κ1) is 8.97. The Morgan fingerprint density at radius 2 is 2.30 bits per heavy atom. The summed E-state index contributed by atoms with van der Waals surface area (Å²) in [6.45, 7) is 0. The van der Waals surface area contributed by atoms with Crippen molar-refractivity contribution in [2.24, 2.45) is 7.05 Å². The molecule has 10 heavy (non-hydrogen) atoms. The molecule has 0 bridgehead atoms. The molecule has 5 heteroatoms. The van der Waals surface area contributed by atoms with Crippen molar-refractivity contribution in [2.75, 3.05) is 0 Å². The summed E-state index contributed by atoms with van der Waals surface area (Å²) in [4.78, 5) is 10.2. The highest BCUT2D eigenvalue weighted by atomic mass is 35.5. The maximum Gasteiger partial charge on any atom is 0.509 e. The predicted molar refractivity (Wildman–Crippen MR) is 29.0 cm³/mol. The summed E-state index contributed by atoms with van der Waals surface area (Å²) in [6, 6.07) is 0. The van der Waals surface area contributed by atoms with Gasteiger partial charge in [-0.05, 0) is 0 Å². The molecule has 0 fully saturated rings. The van der Waals surface area contributed by atoms with E-state index in [9.17, 15) is 4.79 Å². The third kappa shape index (κ3) is 1.73. The van der Waals surface area contributed by atoms with Gasteiger partial charge in [0.1, 0.15) is 12.4 Å². The lowest BCUT2D eigenvalue weighted by Crippen LogP contribution is -3.00. The van der Waals surface area contributed by atoms with Crippen LogP contribution >= 0.6 is 0 Å². The van der Waals surface area contributed by atoms with E-state index < -0.39 is 6.09 Å². The normalized spacial score (nSPS) is 8.50. The Bertz CT molecular complexity index is 233. The van der Waals surface area contributed by atoms with E-state index in [1.165, 1.54) is 12.5 Å². The average Bonchev–Trinajstić information content (AvgIpc) is 2.14. The van der Waals surface area contributed by atoms with Crippen molar-refractivity contribution in [1.82, 2.24) is 4.57 Å². The number of hydrogen-bond acceptors (Lipinski definition) is 1. The van der Waals surface area contributed by atoms with Gasteiger partial charge in [-0.25, -0.2) is 4.57 Å². The Balaban J connectivity index is 0.000000810. The Hall–Kier alpha value is -1.03. The SMILES string of the molecule is C[n+]1ccn(C(=O)O)c1.[Cl-]. The van der Waals surface area contributed by atoms with E-state index in [-0.39, 0.29) is 12.4 Å². The van der Waals surface area contributed by atoms with E-state index in [1.807, 2.05) is 0 Å². The zero-order chi connectivity index (χ0) is 6.85. The molecule has 0 radical (unpaired) electrons. The van der Waals surface area contributed by atoms with Crippen LogP contribution in [0.5, 0.6) is 0 Å². The zero-order valence-corrected chi connectivity index (χ0v) is 6.12. The molecule has 0 saturated carbocycles. The van der Waals surface area contributed by atoms with Gasteiger partial charge in [0.05, 0.1) is 7.05 Å². The summed E-state index contributed by atoms with van der Waals surface area (Å²) in [7, 11) is 1.76. The van der Waals surface area contributed by atoms with Gasteiger partial charge in [0, 0.05) is 0 Å². The lowest BCUT2D eigenvalue weighted by Gasteiger charge is -1.78. The van der Waals surface area contributed by atoms with Crippen molar-refractivity contribution in [2.45, 2.75) is 0 Å². The van der Waals surface area contributed by atoms with Crippen LogP contribution in [0.1, 0.15) is 0 Å². The van der Waals surface area contributed by atoms with Gasteiger partial charge in [-0.2, -0.15) is 4.79 Å². The molecule has 1 heterocycles. The number of aromatic nitrogens is 2. The number of halogens is 1. The van der Waals surface area contributed by atoms with Crippen LogP contribution in [0.2, 0.25) is 0 Å². The summed E-state index contributed by atoms with van der Waals surface area (Å²) >= 11 is 0. The van der Waals surface area contributed by atoms with E-state index >= 15 is 0 Å². The third-order valence-electron chi connectivity index (χ3n) is 0.990. The Morgan fingerprint density at radius 1 is 1.70 bits per heavy atom. The van der Waals surface area contributed by atoms with Crippen molar-refractivity contribution >= 4 is 6.09 Å². The van der Waals surface area contributed by atoms with Gasteiger partial charge in [-0.3, -0.25) is 0 Å². The molecule has 0 aliphatic carbocycles. The smallest absolute Gasteiger partial charge is 0.509 e. The topological polar surface area (TPSA) is 46.1 Å². The third-order valence-corrected chi connectivity index (χ3v) is 0.990. The molecule has 0 aromatic carbocycles. The van der Waals surface area contributed by atoms with Crippen LogP contribution in [-0.4, -0.2) is 15.8 Å². The maximum absolute atomic E-state index is 10.2. The van der Waals surface area contributed by atoms with E-state index in [1.54, 1.807) is 17.8 Å². The highest BCUT2D eigenvalue weighted by molar-refractivity contribution is 5.67. The zero-order valence-electron chi connectivity index (χ0n) is 5.36. The minimum Gasteiger partial charge on any atom is -1.00 e. The first-order chi connectivity index (χ1) is 4.20. The molecule has 1 aromatic rings. The molecule has 0 spiro atoms. The van der Waals surface area contributed by atoms with Gasteiger partial charge in [-0.1, -0.05) is 0 Å². The minimum absolute atomic E-state index is 0. The Labute approximate surface area is 64.1 Å². The maximum atomic E-state index is 10.2. The number of hydrogen-bond donors (Lipinski definition) is 1. The molecule has 1 N–H and O–H groups in total. The number of nitrogens with zero attached hydrogens (tertiary/aromatic N) is 2. The fourth-order valence-electron chi connectivity index (χ4n) is 0.563. The quantitative estimate of drug-likeness (QED) is 0.410. The largest absolute Gasteiger partial charge is 1.00 e. The van der Waals surface area contributed by atoms with Gasteiger partial charge >= 0.3 is 6.09 Å². The standard InChI is InChI=1S/C5H6N2O2.ClH/c1-6-2-3-7(4-6)5(8)9;/h2-4H,1H3;1H. The van der Waals surface area contributed by atoms with Crippen molar-refractivity contribution in [3.8, 4) is 0 Å². The molecule has 1 rings (SSSR count). The summed E-state index contributed by atoms with van der Waals surface area (Å²) in [5, 5.41) is 8.35. The Morgan fingerprint density at radius 3 is 2.50 bits per heavy atom. The first-order valence-electron chi connectivity index (χ1n) is 2.46. The van der Waals surface area contributed by atoms with E-state index in [4.69, 9.17) is 5.11 Å². The molecule has 4 nitrogen and oxygen atoms in total. The van der Waals surface area contributed by atoms with Crippen LogP contribution in [0.25, 0.3) is 0 Å². The predicted octanol–water partition coefficient (Wildman–Crippen LogP) is -3.16. The van der Waals surface area contributed by atoms with Crippen molar-refractivity contribution in [1.29, 1.82) is 0 Å². The van der Waals surface area contributed by atoms with Crippen LogP contribution < -0.4 is 17.0 Å². The van der Waals surface area contributed by atoms with Gasteiger partial charge in [0.2, 0.25) is 0 Å². The first-order valence-corrected chi connectivity index (χ1v) is 2.46. The van der Waals surface area contributed by atoms with Gasteiger partial charge < -0.3 is 17.5 Å². The number of imidazole rings is 1. The van der Waals surface area contributed by atoms with Crippen LogP contribution in [0.3, 0.4) is 0 Å². The molecule has 0 amide bonds. The van der Waals surface area contributed by atoms with Gasteiger partial charge in [0.15, 0.2) is 0 Å². The molecule has 1 aromatic heterocycles. The van der Waals surface area contributed by atoms with Crippen LogP contribution in [0.4, 0.5) is 4.79 Å². The molecular formula is C5H7ClN2O2. The monoisotopic (exact) mass is 162 g/mol. The average molecular weight is 163 g/mol. The van der Waals surface area contributed by atoms with Crippen molar-refractivity contribution < 1.29 is 26.9 Å². The number of aryl methyl sites for hydroxylation is 1. The van der Waals surface area contributed by atoms with Crippen molar-refractivity contribution in [3.63, 3.8) is 0 Å². The molecule has 0 saturated heterocycles. The molecule has 0 aliphatic rings. The fourth-order valence-corrected chi connectivity index (χ4v) is 0.563. The summed E-state index contributed by atoms with van der Waals surface area (Å²) in [6.07, 6.45) is 3.65. The van der Waals surface area contributed by atoms with E-state index in [0.717, 1.165) is 4.57 Å². The lowest BCUT2D eigenvalue weighted by molar-refractivity contribution is -0.670. The highest BCUT2D eigenvalue weighted by Crippen LogP contribution is 1.79. The van der Waals surface area contributed by atoms with Gasteiger partial charge in [-0.15, -0.1) is 4.57 Å². The minimum atomic E-state index is -0.962. The molecule has 56 valence electrons.